The van der Waals surface area contributed by atoms with Gasteiger partial charge in [-0.05, 0) is 0 Å². The lowest BCUT2D eigenvalue weighted by Gasteiger charge is -1.82. The van der Waals surface area contributed by atoms with Gasteiger partial charge in [-0.2, -0.15) is 0 Å². The average molecular weight is 112 g/mol. The van der Waals surface area contributed by atoms with Gasteiger partial charge in [0.1, 0.15) is 5.57 Å². The fourth-order valence-corrected chi connectivity index (χ4v) is 0.368. The Hall–Kier alpha value is -1.32. The van der Waals surface area contributed by atoms with Crippen LogP contribution in [0.2, 0.25) is 0 Å². The minimum absolute atomic E-state index is 0.0370. The predicted molar refractivity (Wildman–Crippen MR) is 25.4 cm³/mol. The summed E-state index contributed by atoms with van der Waals surface area (Å²) in [6.07, 6.45) is 0. The van der Waals surface area contributed by atoms with Crippen molar-refractivity contribution in [3.05, 3.63) is 12.2 Å². The van der Waals surface area contributed by atoms with Crippen LogP contribution in [-0.4, -0.2) is 11.8 Å². The highest BCUT2D eigenvalue weighted by molar-refractivity contribution is 6.21. The molecular formula is C4H4N2O2. The maximum absolute atomic E-state index is 10.3. The summed E-state index contributed by atoms with van der Waals surface area (Å²) in [5.74, 6) is -0.898. The topological polar surface area (TPSA) is 58.2 Å². The van der Waals surface area contributed by atoms with Crippen LogP contribution in [0.5, 0.6) is 0 Å². The van der Waals surface area contributed by atoms with E-state index < -0.39 is 11.8 Å². The molecule has 0 saturated carbocycles. The smallest absolute Gasteiger partial charge is 0.267 e. The van der Waals surface area contributed by atoms with E-state index in [4.69, 9.17) is 0 Å². The number of amides is 2. The molecule has 8 heavy (non-hydrogen) atoms. The first-order chi connectivity index (χ1) is 3.72. The van der Waals surface area contributed by atoms with Crippen molar-refractivity contribution >= 4 is 11.8 Å². The summed E-state index contributed by atoms with van der Waals surface area (Å²) in [6.45, 7) is 3.19. The van der Waals surface area contributed by atoms with Crippen molar-refractivity contribution in [2.45, 2.75) is 0 Å². The van der Waals surface area contributed by atoms with Gasteiger partial charge in [0.15, 0.2) is 0 Å². The molecule has 0 spiro atoms. The molecule has 0 aromatic carbocycles. The molecular weight excluding hydrogens is 108 g/mol. The minimum atomic E-state index is -0.449. The van der Waals surface area contributed by atoms with E-state index in [1.54, 1.807) is 0 Å². The summed E-state index contributed by atoms with van der Waals surface area (Å²) in [6, 6.07) is 0. The van der Waals surface area contributed by atoms with Gasteiger partial charge in [0.05, 0.1) is 0 Å². The Bertz CT molecular complexity index is 155. The Morgan fingerprint density at radius 1 is 1.12 bits per heavy atom. The first kappa shape index (κ1) is 4.83. The van der Waals surface area contributed by atoms with Gasteiger partial charge in [-0.15, -0.1) is 0 Å². The highest BCUT2D eigenvalue weighted by Crippen LogP contribution is 1.93. The largest absolute Gasteiger partial charge is 0.274 e. The Morgan fingerprint density at radius 2 is 1.50 bits per heavy atom. The van der Waals surface area contributed by atoms with Crippen LogP contribution >= 0.6 is 0 Å². The highest BCUT2D eigenvalue weighted by Gasteiger charge is 2.21. The van der Waals surface area contributed by atoms with Crippen LogP contribution in [-0.2, 0) is 9.59 Å². The van der Waals surface area contributed by atoms with E-state index in [0.717, 1.165) is 0 Å². The van der Waals surface area contributed by atoms with Gasteiger partial charge in [-0.25, -0.2) is 0 Å². The van der Waals surface area contributed by atoms with E-state index in [9.17, 15) is 9.59 Å². The summed E-state index contributed by atoms with van der Waals surface area (Å²) in [4.78, 5) is 20.6. The van der Waals surface area contributed by atoms with Crippen molar-refractivity contribution in [2.24, 2.45) is 0 Å². The summed E-state index contributed by atoms with van der Waals surface area (Å²) in [5.41, 5.74) is 4.12. The van der Waals surface area contributed by atoms with E-state index in [0.29, 0.717) is 0 Å². The number of hydrogen-bond donors (Lipinski definition) is 2. The number of rotatable bonds is 0. The molecule has 4 nitrogen and oxygen atoms in total. The fraction of sp³-hybridized carbons (Fsp3) is 0. The zero-order valence-electron chi connectivity index (χ0n) is 4.02. The Morgan fingerprint density at radius 3 is 1.62 bits per heavy atom. The first-order valence-electron chi connectivity index (χ1n) is 2.01. The van der Waals surface area contributed by atoms with E-state index in [1.807, 2.05) is 0 Å². The van der Waals surface area contributed by atoms with Gasteiger partial charge >= 0.3 is 0 Å². The van der Waals surface area contributed by atoms with Crippen LogP contribution in [0.4, 0.5) is 0 Å². The highest BCUT2D eigenvalue weighted by atomic mass is 16.2. The summed E-state index contributed by atoms with van der Waals surface area (Å²) in [5, 5.41) is 0. The SMILES string of the molecule is C=C1C(=O)NNC1=O. The molecule has 4 heteroatoms. The third kappa shape index (κ3) is 0.465. The van der Waals surface area contributed by atoms with Crippen LogP contribution in [0.15, 0.2) is 12.2 Å². The lowest BCUT2D eigenvalue weighted by atomic mass is 10.3. The average Bonchev–Trinajstić information content (AvgIpc) is 1.98. The molecule has 0 aromatic rings. The van der Waals surface area contributed by atoms with E-state index in [-0.39, 0.29) is 5.57 Å². The van der Waals surface area contributed by atoms with Gasteiger partial charge < -0.3 is 0 Å². The quantitative estimate of drug-likeness (QED) is 0.302. The molecule has 2 amide bonds. The zero-order valence-corrected chi connectivity index (χ0v) is 4.02. The van der Waals surface area contributed by atoms with Crippen LogP contribution in [0.3, 0.4) is 0 Å². The second-order valence-corrected chi connectivity index (χ2v) is 1.39. The Kier molecular flexibility index (Phi) is 0.802. The summed E-state index contributed by atoms with van der Waals surface area (Å²) < 4.78 is 0. The molecule has 42 valence electrons. The molecule has 0 aliphatic carbocycles. The molecule has 1 fully saturated rings. The Balaban J connectivity index is 2.86. The second kappa shape index (κ2) is 1.33. The van der Waals surface area contributed by atoms with Gasteiger partial charge in [0.2, 0.25) is 0 Å². The third-order valence-corrected chi connectivity index (χ3v) is 0.838. The maximum Gasteiger partial charge on any atom is 0.274 e. The third-order valence-electron chi connectivity index (χ3n) is 0.838. The standard InChI is InChI=1S/C4H4N2O2/c1-2-3(7)5-6-4(2)8/h1H2,(H,5,7)(H,6,8). The number of nitrogens with one attached hydrogen (secondary N) is 2. The number of carbonyl (C=O) groups is 2. The lowest BCUT2D eigenvalue weighted by Crippen LogP contribution is -2.28. The summed E-state index contributed by atoms with van der Waals surface area (Å²) in [7, 11) is 0. The van der Waals surface area contributed by atoms with Crippen molar-refractivity contribution in [1.29, 1.82) is 0 Å². The molecule has 1 heterocycles. The van der Waals surface area contributed by atoms with E-state index in [1.165, 1.54) is 0 Å². The number of hydrogen-bond acceptors (Lipinski definition) is 2. The molecule has 2 N–H and O–H groups in total. The van der Waals surface area contributed by atoms with Crippen LogP contribution in [0.25, 0.3) is 0 Å². The van der Waals surface area contributed by atoms with Gasteiger partial charge in [-0.3, -0.25) is 20.4 Å². The van der Waals surface area contributed by atoms with Gasteiger partial charge in [-0.1, -0.05) is 6.58 Å². The first-order valence-corrected chi connectivity index (χ1v) is 2.01. The molecule has 1 saturated heterocycles. The van der Waals surface area contributed by atoms with Crippen molar-refractivity contribution in [3.8, 4) is 0 Å². The molecule has 0 unspecified atom stereocenters. The van der Waals surface area contributed by atoms with Crippen LogP contribution in [0, 0.1) is 0 Å². The minimum Gasteiger partial charge on any atom is -0.267 e. The number of hydrazine groups is 1. The van der Waals surface area contributed by atoms with Crippen LogP contribution < -0.4 is 10.9 Å². The normalized spacial score (nSPS) is 18.2. The second-order valence-electron chi connectivity index (χ2n) is 1.39. The van der Waals surface area contributed by atoms with Crippen molar-refractivity contribution in [1.82, 2.24) is 10.9 Å². The molecule has 0 radical (unpaired) electrons. The monoisotopic (exact) mass is 112 g/mol. The lowest BCUT2D eigenvalue weighted by molar-refractivity contribution is -0.117. The molecule has 1 aliphatic rings. The fourth-order valence-electron chi connectivity index (χ4n) is 0.368. The van der Waals surface area contributed by atoms with Crippen LogP contribution in [0.1, 0.15) is 0 Å². The molecule has 1 rings (SSSR count). The number of carbonyl (C=O) groups excluding carboxylic acids is 2. The van der Waals surface area contributed by atoms with Crippen molar-refractivity contribution in [3.63, 3.8) is 0 Å². The molecule has 0 bridgehead atoms. The molecule has 0 atom stereocenters. The van der Waals surface area contributed by atoms with Gasteiger partial charge in [0.25, 0.3) is 11.8 Å². The maximum atomic E-state index is 10.3. The Labute approximate surface area is 45.5 Å². The van der Waals surface area contributed by atoms with Gasteiger partial charge in [0, 0.05) is 0 Å². The predicted octanol–water partition coefficient (Wildman–Crippen LogP) is -1.30. The van der Waals surface area contributed by atoms with E-state index in [2.05, 4.69) is 17.4 Å². The van der Waals surface area contributed by atoms with E-state index >= 15 is 0 Å². The van der Waals surface area contributed by atoms with Crippen molar-refractivity contribution in [2.75, 3.05) is 0 Å². The summed E-state index contributed by atoms with van der Waals surface area (Å²) >= 11 is 0. The molecule has 1 aliphatic heterocycles. The van der Waals surface area contributed by atoms with Crippen molar-refractivity contribution < 1.29 is 9.59 Å². The zero-order chi connectivity index (χ0) is 6.15. The molecule has 0 aromatic heterocycles.